The normalized spacial score (nSPS) is 33.9. The van der Waals surface area contributed by atoms with E-state index in [4.69, 9.17) is 0 Å². The van der Waals surface area contributed by atoms with Gasteiger partial charge >= 0.3 is 0 Å². The topological polar surface area (TPSA) is 20.2 Å². The Morgan fingerprint density at radius 2 is 1.94 bits per heavy atom. The van der Waals surface area contributed by atoms with Crippen molar-refractivity contribution in [3.8, 4) is 0 Å². The van der Waals surface area contributed by atoms with Crippen molar-refractivity contribution < 1.29 is 5.11 Å². The molecule has 0 aromatic carbocycles. The summed E-state index contributed by atoms with van der Waals surface area (Å²) in [6.45, 7) is 8.29. The van der Waals surface area contributed by atoms with Crippen molar-refractivity contribution in [1.29, 1.82) is 0 Å². The van der Waals surface area contributed by atoms with Crippen molar-refractivity contribution in [1.82, 2.24) is 0 Å². The molecule has 0 aromatic heterocycles. The van der Waals surface area contributed by atoms with Gasteiger partial charge in [0.15, 0.2) is 0 Å². The average Bonchev–Trinajstić information content (AvgIpc) is 2.15. The van der Waals surface area contributed by atoms with Gasteiger partial charge in [-0.25, -0.2) is 0 Å². The summed E-state index contributed by atoms with van der Waals surface area (Å²) >= 11 is 0. The van der Waals surface area contributed by atoms with Gasteiger partial charge in [-0.15, -0.1) is 0 Å². The second kappa shape index (κ2) is 5.67. The van der Waals surface area contributed by atoms with Crippen LogP contribution in [0.4, 0.5) is 0 Å². The van der Waals surface area contributed by atoms with Crippen LogP contribution in [-0.2, 0) is 0 Å². The highest BCUT2D eigenvalue weighted by Crippen LogP contribution is 2.27. The predicted octanol–water partition coefficient (Wildman–Crippen LogP) is 4.09. The van der Waals surface area contributed by atoms with Crippen molar-refractivity contribution in [3.63, 3.8) is 0 Å². The first-order valence-corrected chi connectivity index (χ1v) is 6.46. The van der Waals surface area contributed by atoms with Gasteiger partial charge in [-0.05, 0) is 52.4 Å². The summed E-state index contributed by atoms with van der Waals surface area (Å²) in [4.78, 5) is 0. The summed E-state index contributed by atoms with van der Waals surface area (Å²) in [5.41, 5.74) is 0.868. The Morgan fingerprint density at radius 1 is 1.25 bits per heavy atom. The molecule has 92 valence electrons. The zero-order chi connectivity index (χ0) is 12.2. The van der Waals surface area contributed by atoms with Crippen LogP contribution in [0.15, 0.2) is 23.8 Å². The monoisotopic (exact) mass is 222 g/mol. The highest BCUT2D eigenvalue weighted by atomic mass is 16.3. The van der Waals surface area contributed by atoms with Crippen LogP contribution >= 0.6 is 0 Å². The van der Waals surface area contributed by atoms with E-state index in [0.29, 0.717) is 5.92 Å². The minimum Gasteiger partial charge on any atom is -0.390 e. The maximum Gasteiger partial charge on any atom is 0.0654 e. The number of aliphatic hydroxyl groups is 1. The Morgan fingerprint density at radius 3 is 2.56 bits per heavy atom. The van der Waals surface area contributed by atoms with Crippen molar-refractivity contribution in [3.05, 3.63) is 23.8 Å². The molecular formula is C15H26O. The third-order valence-corrected chi connectivity index (χ3v) is 3.54. The first-order chi connectivity index (χ1) is 7.39. The molecule has 1 heteroatoms. The summed E-state index contributed by atoms with van der Waals surface area (Å²) < 4.78 is 0. The second-order valence-electron chi connectivity index (χ2n) is 5.79. The molecule has 0 radical (unpaired) electrons. The van der Waals surface area contributed by atoms with Crippen LogP contribution < -0.4 is 0 Å². The Bertz CT molecular complexity index is 268. The summed E-state index contributed by atoms with van der Waals surface area (Å²) in [6, 6.07) is 0. The zero-order valence-electron chi connectivity index (χ0n) is 11.2. The molecule has 0 amide bonds. The molecule has 0 fully saturated rings. The SMILES string of the molecule is C/C1=C/CC[C@H](C)/C=C\[C@@H](C(C)(C)O)CC1. The predicted molar refractivity (Wildman–Crippen MR) is 70.3 cm³/mol. The molecular weight excluding hydrogens is 196 g/mol. The smallest absolute Gasteiger partial charge is 0.0654 e. The van der Waals surface area contributed by atoms with Crippen LogP contribution in [-0.4, -0.2) is 10.7 Å². The lowest BCUT2D eigenvalue weighted by atomic mass is 9.84. The van der Waals surface area contributed by atoms with Crippen molar-refractivity contribution >= 4 is 0 Å². The van der Waals surface area contributed by atoms with Gasteiger partial charge < -0.3 is 5.11 Å². The molecule has 0 saturated carbocycles. The van der Waals surface area contributed by atoms with E-state index in [-0.39, 0.29) is 5.92 Å². The third-order valence-electron chi connectivity index (χ3n) is 3.54. The minimum atomic E-state index is -0.601. The van der Waals surface area contributed by atoms with Crippen LogP contribution in [0, 0.1) is 11.8 Å². The Balaban J connectivity index is 2.76. The fraction of sp³-hybridized carbons (Fsp3) is 0.733. The molecule has 1 N–H and O–H groups in total. The van der Waals surface area contributed by atoms with Crippen LogP contribution in [0.2, 0.25) is 0 Å². The van der Waals surface area contributed by atoms with E-state index >= 15 is 0 Å². The summed E-state index contributed by atoms with van der Waals surface area (Å²) in [5.74, 6) is 0.892. The van der Waals surface area contributed by atoms with Gasteiger partial charge in [0.1, 0.15) is 0 Å². The van der Waals surface area contributed by atoms with E-state index in [1.54, 1.807) is 0 Å². The number of hydrogen-bond acceptors (Lipinski definition) is 1. The van der Waals surface area contributed by atoms with E-state index in [0.717, 1.165) is 12.8 Å². The first-order valence-electron chi connectivity index (χ1n) is 6.46. The molecule has 0 unspecified atom stereocenters. The lowest BCUT2D eigenvalue weighted by molar-refractivity contribution is 0.0336. The van der Waals surface area contributed by atoms with E-state index in [9.17, 15) is 5.11 Å². The molecule has 0 aromatic rings. The van der Waals surface area contributed by atoms with E-state index in [2.05, 4.69) is 32.1 Å². The maximum absolute atomic E-state index is 10.1. The molecule has 1 nitrogen and oxygen atoms in total. The fourth-order valence-corrected chi connectivity index (χ4v) is 2.18. The van der Waals surface area contributed by atoms with Crippen LogP contribution in [0.3, 0.4) is 0 Å². The first kappa shape index (κ1) is 13.5. The average molecular weight is 222 g/mol. The van der Waals surface area contributed by atoms with Crippen molar-refractivity contribution in [2.75, 3.05) is 0 Å². The van der Waals surface area contributed by atoms with Crippen LogP contribution in [0.1, 0.15) is 53.4 Å². The summed E-state index contributed by atoms with van der Waals surface area (Å²) in [7, 11) is 0. The molecule has 16 heavy (non-hydrogen) atoms. The van der Waals surface area contributed by atoms with Gasteiger partial charge in [-0.3, -0.25) is 0 Å². The molecule has 0 aliphatic heterocycles. The highest BCUT2D eigenvalue weighted by molar-refractivity contribution is 5.05. The standard InChI is InChI=1S/C15H26O/c1-12-6-5-7-13(2)9-11-14(10-8-12)15(3,4)16/h6,9,11,13-14,16H,5,7-8,10H2,1-4H3/b11-9-,12-6-/t13-,14-/m0/s1. The van der Waals surface area contributed by atoms with Crippen molar-refractivity contribution in [2.24, 2.45) is 11.8 Å². The quantitative estimate of drug-likeness (QED) is 0.663. The van der Waals surface area contributed by atoms with Gasteiger partial charge in [0.2, 0.25) is 0 Å². The van der Waals surface area contributed by atoms with Gasteiger partial charge in [-0.1, -0.05) is 30.7 Å². The lowest BCUT2D eigenvalue weighted by Crippen LogP contribution is -2.29. The van der Waals surface area contributed by atoms with E-state index in [1.165, 1.54) is 18.4 Å². The lowest BCUT2D eigenvalue weighted by Gasteiger charge is -2.27. The fourth-order valence-electron chi connectivity index (χ4n) is 2.18. The second-order valence-corrected chi connectivity index (χ2v) is 5.79. The maximum atomic E-state index is 10.1. The number of hydrogen-bond donors (Lipinski definition) is 1. The Hall–Kier alpha value is -0.560. The highest BCUT2D eigenvalue weighted by Gasteiger charge is 2.24. The molecule has 2 atom stereocenters. The summed E-state index contributed by atoms with van der Waals surface area (Å²) in [5, 5.41) is 10.1. The van der Waals surface area contributed by atoms with Crippen molar-refractivity contribution in [2.45, 2.75) is 59.0 Å². The van der Waals surface area contributed by atoms with E-state index in [1.807, 2.05) is 13.8 Å². The van der Waals surface area contributed by atoms with Crippen LogP contribution in [0.5, 0.6) is 0 Å². The summed E-state index contributed by atoms with van der Waals surface area (Å²) in [6.07, 6.45) is 11.4. The number of allylic oxidation sites excluding steroid dienone is 3. The molecule has 0 saturated heterocycles. The largest absolute Gasteiger partial charge is 0.390 e. The Kier molecular flexibility index (Phi) is 4.79. The van der Waals surface area contributed by atoms with Gasteiger partial charge in [0.05, 0.1) is 5.60 Å². The molecule has 0 bridgehead atoms. The number of rotatable bonds is 1. The molecule has 0 heterocycles. The van der Waals surface area contributed by atoms with Gasteiger partial charge in [0, 0.05) is 5.92 Å². The third kappa shape index (κ3) is 4.52. The molecule has 1 rings (SSSR count). The Labute approximate surface area is 100 Å². The molecule has 0 spiro atoms. The van der Waals surface area contributed by atoms with E-state index < -0.39 is 5.60 Å². The minimum absolute atomic E-state index is 0.274. The van der Waals surface area contributed by atoms with Gasteiger partial charge in [-0.2, -0.15) is 0 Å². The molecule has 1 aliphatic rings. The van der Waals surface area contributed by atoms with Crippen LogP contribution in [0.25, 0.3) is 0 Å². The zero-order valence-corrected chi connectivity index (χ0v) is 11.2. The molecule has 1 aliphatic carbocycles. The van der Waals surface area contributed by atoms with Gasteiger partial charge in [0.25, 0.3) is 0 Å².